The Bertz CT molecular complexity index is 1030. The van der Waals surface area contributed by atoms with Gasteiger partial charge in [-0.2, -0.15) is 15.5 Å². The molecule has 1 N–H and O–H groups in total. The summed E-state index contributed by atoms with van der Waals surface area (Å²) >= 11 is 0. The van der Waals surface area contributed by atoms with Gasteiger partial charge < -0.3 is 4.74 Å². The fraction of sp³-hybridized carbons (Fsp3) is 0.182. The second kappa shape index (κ2) is 9.85. The van der Waals surface area contributed by atoms with Gasteiger partial charge in [-0.15, -0.1) is 0 Å². The van der Waals surface area contributed by atoms with Crippen molar-refractivity contribution in [2.75, 3.05) is 6.61 Å². The van der Waals surface area contributed by atoms with E-state index in [9.17, 15) is 4.79 Å². The minimum absolute atomic E-state index is 0.131. The van der Waals surface area contributed by atoms with Crippen LogP contribution < -0.4 is 10.2 Å². The Hall–Kier alpha value is -3.92. The maximum absolute atomic E-state index is 12.0. The minimum atomic E-state index is -0.360. The van der Waals surface area contributed by atoms with Crippen LogP contribution in [0.25, 0.3) is 11.3 Å². The van der Waals surface area contributed by atoms with Crippen LogP contribution in [0.15, 0.2) is 65.9 Å². The standard InChI is InChI=1S/C22H21N5O2/c1-17-7-5-10-20(13-17)29-16-21(28)25-24-14-19-15-27(12-6-11-23)26-22(19)18-8-3-2-4-9-18/h2-5,7-10,13-15H,6,12,16H2,1H3,(H,25,28)/b24-14-. The molecule has 0 bridgehead atoms. The van der Waals surface area contributed by atoms with E-state index in [4.69, 9.17) is 10.00 Å². The lowest BCUT2D eigenvalue weighted by Gasteiger charge is -2.05. The van der Waals surface area contributed by atoms with Crippen LogP contribution in [0, 0.1) is 18.3 Å². The monoisotopic (exact) mass is 387 g/mol. The van der Waals surface area contributed by atoms with E-state index in [0.29, 0.717) is 18.7 Å². The fourth-order valence-electron chi connectivity index (χ4n) is 2.69. The van der Waals surface area contributed by atoms with E-state index in [2.05, 4.69) is 21.7 Å². The quantitative estimate of drug-likeness (QED) is 0.474. The highest BCUT2D eigenvalue weighted by molar-refractivity contribution is 5.89. The number of aromatic nitrogens is 2. The number of rotatable bonds is 8. The molecule has 0 aliphatic heterocycles. The number of hydrazone groups is 1. The molecule has 3 aromatic rings. The summed E-state index contributed by atoms with van der Waals surface area (Å²) in [5.74, 6) is 0.273. The molecular weight excluding hydrogens is 366 g/mol. The summed E-state index contributed by atoms with van der Waals surface area (Å²) in [6.07, 6.45) is 3.71. The highest BCUT2D eigenvalue weighted by Gasteiger charge is 2.10. The van der Waals surface area contributed by atoms with Crippen LogP contribution in [0.5, 0.6) is 5.75 Å². The SMILES string of the molecule is Cc1cccc(OCC(=O)N/N=C\c2cn(CCC#N)nc2-c2ccccc2)c1. The first-order chi connectivity index (χ1) is 14.2. The van der Waals surface area contributed by atoms with Gasteiger partial charge in [-0.25, -0.2) is 5.43 Å². The summed E-state index contributed by atoms with van der Waals surface area (Å²) in [6.45, 7) is 2.31. The van der Waals surface area contributed by atoms with Crippen molar-refractivity contribution in [1.29, 1.82) is 5.26 Å². The van der Waals surface area contributed by atoms with E-state index in [1.54, 1.807) is 23.2 Å². The molecule has 1 amide bonds. The zero-order valence-electron chi connectivity index (χ0n) is 16.1. The molecule has 7 nitrogen and oxygen atoms in total. The largest absolute Gasteiger partial charge is 0.484 e. The molecule has 0 radical (unpaired) electrons. The number of ether oxygens (including phenoxy) is 1. The minimum Gasteiger partial charge on any atom is -0.484 e. The third kappa shape index (κ3) is 5.78. The second-order valence-corrected chi connectivity index (χ2v) is 6.37. The summed E-state index contributed by atoms with van der Waals surface area (Å²) in [6, 6.07) is 19.3. The summed E-state index contributed by atoms with van der Waals surface area (Å²) in [4.78, 5) is 12.0. The lowest BCUT2D eigenvalue weighted by molar-refractivity contribution is -0.123. The number of aryl methyl sites for hydroxylation is 2. The molecule has 1 aromatic heterocycles. The molecule has 0 atom stereocenters. The molecule has 0 aliphatic carbocycles. The van der Waals surface area contributed by atoms with E-state index in [0.717, 1.165) is 22.4 Å². The molecule has 2 aromatic carbocycles. The van der Waals surface area contributed by atoms with Gasteiger partial charge in [0.25, 0.3) is 5.91 Å². The van der Waals surface area contributed by atoms with Crippen molar-refractivity contribution in [1.82, 2.24) is 15.2 Å². The first-order valence-corrected chi connectivity index (χ1v) is 9.17. The predicted molar refractivity (Wildman–Crippen MR) is 110 cm³/mol. The lowest BCUT2D eigenvalue weighted by Crippen LogP contribution is -2.24. The van der Waals surface area contributed by atoms with Crippen molar-refractivity contribution >= 4 is 12.1 Å². The Kier molecular flexibility index (Phi) is 6.74. The maximum Gasteiger partial charge on any atom is 0.277 e. The normalized spacial score (nSPS) is 10.6. The molecule has 7 heteroatoms. The average molecular weight is 387 g/mol. The van der Waals surface area contributed by atoms with Gasteiger partial charge in [0.05, 0.1) is 25.2 Å². The Labute approximate surface area is 169 Å². The number of nitriles is 1. The predicted octanol–water partition coefficient (Wildman–Crippen LogP) is 3.30. The van der Waals surface area contributed by atoms with Gasteiger partial charge in [-0.3, -0.25) is 9.48 Å². The molecule has 0 fully saturated rings. The molecule has 0 saturated heterocycles. The number of nitrogens with zero attached hydrogens (tertiary/aromatic N) is 4. The van der Waals surface area contributed by atoms with E-state index in [1.807, 2.05) is 55.5 Å². The molecule has 0 spiro atoms. The number of carbonyl (C=O) groups is 1. The third-order valence-corrected chi connectivity index (χ3v) is 4.04. The van der Waals surface area contributed by atoms with Crippen molar-refractivity contribution in [3.05, 3.63) is 71.9 Å². The van der Waals surface area contributed by atoms with Crippen LogP contribution in [0.4, 0.5) is 0 Å². The first kappa shape index (κ1) is 19.8. The molecule has 1 heterocycles. The smallest absolute Gasteiger partial charge is 0.277 e. The van der Waals surface area contributed by atoms with Gasteiger partial charge in [-0.1, -0.05) is 42.5 Å². The highest BCUT2D eigenvalue weighted by atomic mass is 16.5. The Balaban J connectivity index is 1.65. The van der Waals surface area contributed by atoms with Crippen LogP contribution in [0.2, 0.25) is 0 Å². The second-order valence-electron chi connectivity index (χ2n) is 6.37. The molecule has 29 heavy (non-hydrogen) atoms. The summed E-state index contributed by atoms with van der Waals surface area (Å²) in [5, 5.41) is 17.4. The van der Waals surface area contributed by atoms with E-state index in [1.165, 1.54) is 0 Å². The lowest BCUT2D eigenvalue weighted by atomic mass is 10.1. The van der Waals surface area contributed by atoms with Crippen molar-refractivity contribution < 1.29 is 9.53 Å². The van der Waals surface area contributed by atoms with Crippen molar-refractivity contribution in [2.45, 2.75) is 19.9 Å². The Morgan fingerprint density at radius 1 is 1.28 bits per heavy atom. The summed E-state index contributed by atoms with van der Waals surface area (Å²) < 4.78 is 7.16. The summed E-state index contributed by atoms with van der Waals surface area (Å²) in [7, 11) is 0. The van der Waals surface area contributed by atoms with Crippen LogP contribution >= 0.6 is 0 Å². The third-order valence-electron chi connectivity index (χ3n) is 4.04. The number of benzene rings is 2. The van der Waals surface area contributed by atoms with Gasteiger partial charge in [-0.05, 0) is 24.6 Å². The molecule has 146 valence electrons. The molecule has 0 saturated carbocycles. The van der Waals surface area contributed by atoms with Crippen LogP contribution in [0.3, 0.4) is 0 Å². The van der Waals surface area contributed by atoms with E-state index >= 15 is 0 Å². The van der Waals surface area contributed by atoms with Crippen molar-refractivity contribution in [2.24, 2.45) is 5.10 Å². The van der Waals surface area contributed by atoms with Gasteiger partial charge in [0.2, 0.25) is 0 Å². The van der Waals surface area contributed by atoms with Crippen LogP contribution in [0.1, 0.15) is 17.5 Å². The fourth-order valence-corrected chi connectivity index (χ4v) is 2.69. The Morgan fingerprint density at radius 3 is 2.86 bits per heavy atom. The van der Waals surface area contributed by atoms with Crippen LogP contribution in [-0.2, 0) is 11.3 Å². The zero-order valence-corrected chi connectivity index (χ0v) is 16.1. The maximum atomic E-state index is 12.0. The molecule has 0 aliphatic rings. The number of hydrogen-bond donors (Lipinski definition) is 1. The molecular formula is C22H21N5O2. The number of amides is 1. The van der Waals surface area contributed by atoms with Gasteiger partial charge in [0, 0.05) is 17.3 Å². The van der Waals surface area contributed by atoms with Gasteiger partial charge in [0.1, 0.15) is 11.4 Å². The van der Waals surface area contributed by atoms with E-state index < -0.39 is 0 Å². The average Bonchev–Trinajstić information content (AvgIpc) is 3.14. The van der Waals surface area contributed by atoms with Crippen LogP contribution in [-0.4, -0.2) is 28.5 Å². The summed E-state index contributed by atoms with van der Waals surface area (Å²) in [5.41, 5.74) is 5.93. The van der Waals surface area contributed by atoms with Crippen molar-refractivity contribution in [3.8, 4) is 23.1 Å². The molecule has 3 rings (SSSR count). The number of nitrogens with one attached hydrogen (secondary N) is 1. The van der Waals surface area contributed by atoms with E-state index in [-0.39, 0.29) is 12.5 Å². The first-order valence-electron chi connectivity index (χ1n) is 9.17. The van der Waals surface area contributed by atoms with Gasteiger partial charge in [0.15, 0.2) is 6.61 Å². The Morgan fingerprint density at radius 2 is 2.10 bits per heavy atom. The van der Waals surface area contributed by atoms with Gasteiger partial charge >= 0.3 is 0 Å². The zero-order chi connectivity index (χ0) is 20.5. The number of carbonyl (C=O) groups excluding carboxylic acids is 1. The molecule has 0 unspecified atom stereocenters. The van der Waals surface area contributed by atoms with Crippen molar-refractivity contribution in [3.63, 3.8) is 0 Å². The number of hydrogen-bond acceptors (Lipinski definition) is 5. The topological polar surface area (TPSA) is 92.3 Å². The highest BCUT2D eigenvalue weighted by Crippen LogP contribution is 2.20.